The number of hydrogen-bond acceptors (Lipinski definition) is 2. The number of carbonyl (C=O) groups is 2. The van der Waals surface area contributed by atoms with Crippen molar-refractivity contribution in [2.45, 2.75) is 64.8 Å². The molecule has 0 heterocycles. The summed E-state index contributed by atoms with van der Waals surface area (Å²) < 4.78 is 0. The predicted molar refractivity (Wildman–Crippen MR) is 84.4 cm³/mol. The maximum Gasteiger partial charge on any atom is 3.00 e. The molecular formula is C16H31N2O2Ti. The Morgan fingerprint density at radius 1 is 1.14 bits per heavy atom. The van der Waals surface area contributed by atoms with Crippen LogP contribution >= 0.6 is 0 Å². The Kier molecular flexibility index (Phi) is 16.2. The van der Waals surface area contributed by atoms with Gasteiger partial charge in [0, 0.05) is 6.04 Å². The van der Waals surface area contributed by atoms with E-state index in [9.17, 15) is 9.59 Å². The number of amides is 2. The molecule has 0 aromatic rings. The molecular weight excluding hydrogens is 300 g/mol. The molecule has 1 unspecified atom stereocenters. The van der Waals surface area contributed by atoms with Crippen LogP contribution in [-0.4, -0.2) is 18.9 Å². The van der Waals surface area contributed by atoms with Gasteiger partial charge < -0.3 is 25.5 Å². The molecule has 1 fully saturated rings. The van der Waals surface area contributed by atoms with E-state index in [1.807, 2.05) is 0 Å². The average Bonchev–Trinajstić information content (AvgIpc) is 2.30. The molecule has 0 aromatic heterocycles. The van der Waals surface area contributed by atoms with Crippen LogP contribution in [0.3, 0.4) is 0 Å². The van der Waals surface area contributed by atoms with E-state index in [0.29, 0.717) is 0 Å². The Bertz CT molecular complexity index is 249. The summed E-state index contributed by atoms with van der Waals surface area (Å²) in [6.45, 7) is 4.39. The summed E-state index contributed by atoms with van der Waals surface area (Å²) in [4.78, 5) is 21.3. The molecule has 0 saturated heterocycles. The van der Waals surface area contributed by atoms with Crippen LogP contribution in [0.25, 0.3) is 0 Å². The van der Waals surface area contributed by atoms with E-state index < -0.39 is 0 Å². The zero-order valence-corrected chi connectivity index (χ0v) is 15.6. The first kappa shape index (κ1) is 25.6. The van der Waals surface area contributed by atoms with Crippen molar-refractivity contribution < 1.29 is 31.3 Å². The molecule has 0 aromatic carbocycles. The van der Waals surface area contributed by atoms with Crippen LogP contribution in [0, 0.1) is 26.3 Å². The molecule has 0 aliphatic heterocycles. The topological polar surface area (TPSA) is 58.2 Å². The minimum atomic E-state index is 0. The summed E-state index contributed by atoms with van der Waals surface area (Å²) in [7, 11) is 0. The number of hydrogen-bond donors (Lipinski definition) is 2. The molecule has 21 heavy (non-hydrogen) atoms. The Hall–Kier alpha value is -0.346. The van der Waals surface area contributed by atoms with Gasteiger partial charge in [-0.05, 0) is 6.42 Å². The molecule has 5 heteroatoms. The van der Waals surface area contributed by atoms with Crippen LogP contribution in [0.15, 0.2) is 0 Å². The van der Waals surface area contributed by atoms with E-state index in [0.717, 1.165) is 63.8 Å². The van der Waals surface area contributed by atoms with Crippen LogP contribution < -0.4 is 10.6 Å². The monoisotopic (exact) mass is 331 g/mol. The second kappa shape index (κ2) is 13.3. The van der Waals surface area contributed by atoms with Gasteiger partial charge in [0.1, 0.15) is 0 Å². The summed E-state index contributed by atoms with van der Waals surface area (Å²) in [5.41, 5.74) is 0.244. The zero-order valence-electron chi connectivity index (χ0n) is 14.0. The summed E-state index contributed by atoms with van der Waals surface area (Å²) in [6.07, 6.45) is 8.88. The SMILES string of the molecule is CCCC1(CCC)C[C-](NC=O)CC(NC=O)C1.[CH3-].[CH3-].[Ti+3]. The molecule has 1 radical (unpaired) electrons. The molecule has 0 bridgehead atoms. The molecule has 1 aliphatic rings. The second-order valence-corrected chi connectivity index (χ2v) is 5.43. The quantitative estimate of drug-likeness (QED) is 0.408. The van der Waals surface area contributed by atoms with Gasteiger partial charge in [-0.15, -0.1) is 6.42 Å². The third kappa shape index (κ3) is 8.01. The maximum atomic E-state index is 10.7. The molecule has 2 N–H and O–H groups in total. The van der Waals surface area contributed by atoms with E-state index in [4.69, 9.17) is 0 Å². The summed E-state index contributed by atoms with van der Waals surface area (Å²) in [6, 6.07) is 1.23. The van der Waals surface area contributed by atoms with Crippen molar-refractivity contribution >= 4 is 12.8 Å². The zero-order chi connectivity index (χ0) is 13.4. The molecule has 1 rings (SSSR count). The largest absolute Gasteiger partial charge is 3.00 e. The summed E-state index contributed by atoms with van der Waals surface area (Å²) in [5.74, 6) is 0. The van der Waals surface area contributed by atoms with Crippen molar-refractivity contribution in [1.82, 2.24) is 10.6 Å². The normalized spacial score (nSPS) is 20.0. The van der Waals surface area contributed by atoms with Crippen LogP contribution in [0.2, 0.25) is 0 Å². The Labute approximate surface area is 146 Å². The fraction of sp³-hybridized carbons (Fsp3) is 0.688. The first-order valence-corrected chi connectivity index (χ1v) is 6.94. The van der Waals surface area contributed by atoms with Crippen molar-refractivity contribution in [3.05, 3.63) is 20.9 Å². The molecule has 2 amide bonds. The van der Waals surface area contributed by atoms with E-state index in [2.05, 4.69) is 24.5 Å². The fourth-order valence-electron chi connectivity index (χ4n) is 3.46. The molecule has 1 saturated carbocycles. The summed E-state index contributed by atoms with van der Waals surface area (Å²) >= 11 is 0. The van der Waals surface area contributed by atoms with Crippen molar-refractivity contribution in [2.24, 2.45) is 5.41 Å². The van der Waals surface area contributed by atoms with Crippen LogP contribution in [0.5, 0.6) is 0 Å². The first-order valence-electron chi connectivity index (χ1n) is 6.94. The van der Waals surface area contributed by atoms with Crippen molar-refractivity contribution in [2.75, 3.05) is 0 Å². The minimum absolute atomic E-state index is 0. The van der Waals surface area contributed by atoms with Gasteiger partial charge in [0.25, 0.3) is 0 Å². The van der Waals surface area contributed by atoms with Crippen molar-refractivity contribution in [3.8, 4) is 0 Å². The fourth-order valence-corrected chi connectivity index (χ4v) is 3.46. The standard InChI is InChI=1S/C14H25N2O2.2CH3.Ti/c1-3-5-14(6-4-2)8-12(15-10-17)7-13(9-14)16-11-18;;;/h10-12H,3-9H2,1-2H3,(H,15,17)(H,16,18);2*1H3;/q3*-1;+3. The van der Waals surface area contributed by atoms with Crippen LogP contribution in [0.4, 0.5) is 0 Å². The van der Waals surface area contributed by atoms with Gasteiger partial charge in [-0.3, -0.25) is 9.59 Å². The Morgan fingerprint density at radius 3 is 2.14 bits per heavy atom. The van der Waals surface area contributed by atoms with Crippen LogP contribution in [-0.2, 0) is 31.3 Å². The minimum Gasteiger partial charge on any atom is -0.505 e. The van der Waals surface area contributed by atoms with Gasteiger partial charge in [0.05, 0.1) is 0 Å². The third-order valence-corrected chi connectivity index (χ3v) is 3.89. The van der Waals surface area contributed by atoms with E-state index in [1.54, 1.807) is 0 Å². The molecule has 1 atom stereocenters. The van der Waals surface area contributed by atoms with Crippen molar-refractivity contribution in [3.63, 3.8) is 0 Å². The van der Waals surface area contributed by atoms with Crippen molar-refractivity contribution in [1.29, 1.82) is 0 Å². The molecule has 4 nitrogen and oxygen atoms in total. The first-order chi connectivity index (χ1) is 8.69. The van der Waals surface area contributed by atoms with E-state index in [-0.39, 0.29) is 48.0 Å². The smallest absolute Gasteiger partial charge is 0.505 e. The average molecular weight is 331 g/mol. The third-order valence-electron chi connectivity index (χ3n) is 3.89. The van der Waals surface area contributed by atoms with Gasteiger partial charge >= 0.3 is 21.7 Å². The molecule has 1 aliphatic carbocycles. The maximum absolute atomic E-state index is 10.7. The van der Waals surface area contributed by atoms with Gasteiger partial charge in [-0.2, -0.15) is 6.42 Å². The second-order valence-electron chi connectivity index (χ2n) is 5.43. The predicted octanol–water partition coefficient (Wildman–Crippen LogP) is 3.05. The molecule has 0 spiro atoms. The van der Waals surface area contributed by atoms with Gasteiger partial charge in [-0.1, -0.05) is 44.9 Å². The number of rotatable bonds is 8. The van der Waals surface area contributed by atoms with Crippen LogP contribution in [0.1, 0.15) is 58.8 Å². The van der Waals surface area contributed by atoms with E-state index in [1.165, 1.54) is 0 Å². The Morgan fingerprint density at radius 2 is 1.71 bits per heavy atom. The van der Waals surface area contributed by atoms with Gasteiger partial charge in [0.2, 0.25) is 6.41 Å². The van der Waals surface area contributed by atoms with E-state index >= 15 is 0 Å². The summed E-state index contributed by atoms with van der Waals surface area (Å²) in [5, 5.41) is 5.71. The number of nitrogens with one attached hydrogen (secondary N) is 2. The number of carbonyl (C=O) groups excluding carboxylic acids is 2. The molecule has 121 valence electrons. The van der Waals surface area contributed by atoms with Gasteiger partial charge in [-0.25, -0.2) is 6.04 Å². The van der Waals surface area contributed by atoms with Gasteiger partial charge in [0.15, 0.2) is 6.41 Å². The Balaban J connectivity index is -0.00000108.